The Bertz CT molecular complexity index is 2830. The van der Waals surface area contributed by atoms with Gasteiger partial charge in [0.25, 0.3) is 0 Å². The Labute approximate surface area is 277 Å². The van der Waals surface area contributed by atoms with Crippen molar-refractivity contribution in [2.75, 3.05) is 4.90 Å². The van der Waals surface area contributed by atoms with E-state index in [4.69, 9.17) is 4.42 Å². The third-order valence-corrected chi connectivity index (χ3v) is 9.84. The average molecular weight is 612 g/mol. The van der Waals surface area contributed by atoms with Crippen LogP contribution in [-0.2, 0) is 0 Å². The van der Waals surface area contributed by atoms with E-state index in [-0.39, 0.29) is 0 Å². The molecular formula is C46H29NO. The van der Waals surface area contributed by atoms with E-state index in [9.17, 15) is 0 Å². The van der Waals surface area contributed by atoms with Crippen molar-refractivity contribution >= 4 is 82.1 Å². The molecule has 0 fully saturated rings. The smallest absolute Gasteiger partial charge is 0.138 e. The van der Waals surface area contributed by atoms with E-state index in [1.807, 2.05) is 6.07 Å². The van der Waals surface area contributed by atoms with Gasteiger partial charge in [0.15, 0.2) is 0 Å². The Morgan fingerprint density at radius 3 is 1.77 bits per heavy atom. The van der Waals surface area contributed by atoms with E-state index in [1.165, 1.54) is 54.2 Å². The molecule has 0 atom stereocenters. The second-order valence-electron chi connectivity index (χ2n) is 12.5. The second kappa shape index (κ2) is 10.6. The zero-order valence-electron chi connectivity index (χ0n) is 26.1. The summed E-state index contributed by atoms with van der Waals surface area (Å²) in [6.45, 7) is 0. The highest BCUT2D eigenvalue weighted by molar-refractivity contribution is 6.24. The molecule has 10 rings (SSSR count). The number of nitrogens with zero attached hydrogens (tertiary/aromatic N) is 1. The van der Waals surface area contributed by atoms with Gasteiger partial charge in [-0.1, -0.05) is 146 Å². The van der Waals surface area contributed by atoms with Crippen molar-refractivity contribution in [2.24, 2.45) is 0 Å². The number of hydrogen-bond donors (Lipinski definition) is 0. The minimum Gasteiger partial charge on any atom is -0.456 e. The van der Waals surface area contributed by atoms with Crippen molar-refractivity contribution in [3.63, 3.8) is 0 Å². The molecule has 224 valence electrons. The number of para-hydroxylation sites is 1. The van der Waals surface area contributed by atoms with Crippen molar-refractivity contribution in [3.05, 3.63) is 176 Å². The first-order chi connectivity index (χ1) is 23.8. The van der Waals surface area contributed by atoms with E-state index >= 15 is 0 Å². The Kier molecular flexibility index (Phi) is 5.91. The van der Waals surface area contributed by atoms with Gasteiger partial charge in [-0.25, -0.2) is 0 Å². The van der Waals surface area contributed by atoms with Crippen molar-refractivity contribution in [1.29, 1.82) is 0 Å². The Hall–Kier alpha value is -6.38. The number of rotatable bonds is 4. The van der Waals surface area contributed by atoms with E-state index in [1.54, 1.807) is 0 Å². The van der Waals surface area contributed by atoms with Crippen molar-refractivity contribution in [1.82, 2.24) is 0 Å². The van der Waals surface area contributed by atoms with Crippen LogP contribution in [0.4, 0.5) is 17.1 Å². The van der Waals surface area contributed by atoms with Crippen molar-refractivity contribution < 1.29 is 4.42 Å². The first kappa shape index (κ1) is 26.8. The first-order valence-corrected chi connectivity index (χ1v) is 16.4. The highest BCUT2D eigenvalue weighted by Gasteiger charge is 2.22. The fourth-order valence-corrected chi connectivity index (χ4v) is 7.63. The van der Waals surface area contributed by atoms with Gasteiger partial charge in [-0.05, 0) is 67.7 Å². The minimum atomic E-state index is 0.882. The number of furan rings is 1. The standard InChI is InChI=1S/C46H29NO/c1-2-11-30(12-3-1)31-21-24-33(25-22-31)47(43-29-45-46(40-16-7-6-15-38(40)43)41-17-8-9-20-44(41)48-45)42-19-10-18-35-37-26-23-32-13-4-5-14-34(32)36(37)27-28-39(35)42/h1-29H. The van der Waals surface area contributed by atoms with Crippen LogP contribution in [0, 0.1) is 0 Å². The van der Waals surface area contributed by atoms with Crippen LogP contribution in [-0.4, -0.2) is 0 Å². The lowest BCUT2D eigenvalue weighted by Gasteiger charge is -2.28. The molecule has 0 bridgehead atoms. The lowest BCUT2D eigenvalue weighted by atomic mass is 9.95. The molecule has 48 heavy (non-hydrogen) atoms. The summed E-state index contributed by atoms with van der Waals surface area (Å²) in [7, 11) is 0. The van der Waals surface area contributed by atoms with Crippen LogP contribution in [0.2, 0.25) is 0 Å². The molecule has 1 heterocycles. The topological polar surface area (TPSA) is 16.4 Å². The lowest BCUT2D eigenvalue weighted by Crippen LogP contribution is -2.11. The Morgan fingerprint density at radius 2 is 0.917 bits per heavy atom. The molecule has 0 saturated carbocycles. The monoisotopic (exact) mass is 611 g/mol. The molecule has 2 nitrogen and oxygen atoms in total. The normalized spacial score (nSPS) is 11.8. The molecule has 10 aromatic rings. The molecule has 0 spiro atoms. The van der Waals surface area contributed by atoms with Gasteiger partial charge < -0.3 is 9.32 Å². The van der Waals surface area contributed by atoms with E-state index in [0.717, 1.165) is 39.0 Å². The average Bonchev–Trinajstić information content (AvgIpc) is 3.54. The van der Waals surface area contributed by atoms with Crippen LogP contribution >= 0.6 is 0 Å². The third kappa shape index (κ3) is 4.06. The van der Waals surface area contributed by atoms with Gasteiger partial charge in [0.05, 0.1) is 11.4 Å². The molecular weight excluding hydrogens is 583 g/mol. The fraction of sp³-hybridized carbons (Fsp3) is 0. The van der Waals surface area contributed by atoms with Gasteiger partial charge in [-0.15, -0.1) is 0 Å². The van der Waals surface area contributed by atoms with E-state index in [0.29, 0.717) is 0 Å². The minimum absolute atomic E-state index is 0.882. The van der Waals surface area contributed by atoms with Gasteiger partial charge in [-0.3, -0.25) is 0 Å². The zero-order chi connectivity index (χ0) is 31.6. The highest BCUT2D eigenvalue weighted by Crippen LogP contribution is 2.47. The lowest BCUT2D eigenvalue weighted by molar-refractivity contribution is 0.669. The van der Waals surface area contributed by atoms with Crippen LogP contribution in [0.3, 0.4) is 0 Å². The molecule has 1 aromatic heterocycles. The maximum atomic E-state index is 6.56. The molecule has 0 aliphatic rings. The predicted molar refractivity (Wildman–Crippen MR) is 204 cm³/mol. The van der Waals surface area contributed by atoms with Crippen molar-refractivity contribution in [2.45, 2.75) is 0 Å². The summed E-state index contributed by atoms with van der Waals surface area (Å²) in [6.07, 6.45) is 0. The first-order valence-electron chi connectivity index (χ1n) is 16.4. The van der Waals surface area contributed by atoms with Crippen LogP contribution in [0.25, 0.3) is 76.2 Å². The van der Waals surface area contributed by atoms with Crippen LogP contribution < -0.4 is 4.90 Å². The number of benzene rings is 9. The van der Waals surface area contributed by atoms with Crippen LogP contribution in [0.1, 0.15) is 0 Å². The summed E-state index contributed by atoms with van der Waals surface area (Å²) in [4.78, 5) is 2.42. The number of anilines is 3. The molecule has 0 aliphatic heterocycles. The summed E-state index contributed by atoms with van der Waals surface area (Å²) in [6, 6.07) is 63.3. The summed E-state index contributed by atoms with van der Waals surface area (Å²) in [5, 5.41) is 12.1. The summed E-state index contributed by atoms with van der Waals surface area (Å²) < 4.78 is 6.56. The van der Waals surface area contributed by atoms with Crippen LogP contribution in [0.15, 0.2) is 180 Å². The number of fused-ring (bicyclic) bond motifs is 10. The Balaban J connectivity index is 1.28. The molecule has 2 heteroatoms. The number of hydrogen-bond acceptors (Lipinski definition) is 2. The quantitative estimate of drug-likeness (QED) is 0.184. The predicted octanol–water partition coefficient (Wildman–Crippen LogP) is 13.3. The zero-order valence-corrected chi connectivity index (χ0v) is 26.1. The summed E-state index contributed by atoms with van der Waals surface area (Å²) in [5.41, 5.74) is 7.46. The molecule has 0 saturated heterocycles. The molecule has 0 amide bonds. The van der Waals surface area contributed by atoms with Crippen molar-refractivity contribution in [3.8, 4) is 11.1 Å². The van der Waals surface area contributed by atoms with Crippen LogP contribution in [0.5, 0.6) is 0 Å². The van der Waals surface area contributed by atoms with Gasteiger partial charge in [0, 0.05) is 33.3 Å². The highest BCUT2D eigenvalue weighted by atomic mass is 16.3. The maximum Gasteiger partial charge on any atom is 0.138 e. The molecule has 0 aliphatic carbocycles. The second-order valence-corrected chi connectivity index (χ2v) is 12.5. The van der Waals surface area contributed by atoms with E-state index < -0.39 is 0 Å². The maximum absolute atomic E-state index is 6.56. The van der Waals surface area contributed by atoms with Gasteiger partial charge in [0.2, 0.25) is 0 Å². The van der Waals surface area contributed by atoms with Gasteiger partial charge in [0.1, 0.15) is 11.2 Å². The molecule has 9 aromatic carbocycles. The summed E-state index contributed by atoms with van der Waals surface area (Å²) >= 11 is 0. The molecule has 0 radical (unpaired) electrons. The Morgan fingerprint density at radius 1 is 0.333 bits per heavy atom. The SMILES string of the molecule is c1ccc(-c2ccc(N(c3cccc4c3ccc3c5ccccc5ccc43)c3cc4oc5ccccc5c4c4ccccc34)cc2)cc1. The van der Waals surface area contributed by atoms with Gasteiger partial charge in [-0.2, -0.15) is 0 Å². The molecule has 0 N–H and O–H groups in total. The van der Waals surface area contributed by atoms with E-state index in [2.05, 4.69) is 175 Å². The molecule has 0 unspecified atom stereocenters. The summed E-state index contributed by atoms with van der Waals surface area (Å²) in [5.74, 6) is 0. The van der Waals surface area contributed by atoms with Gasteiger partial charge >= 0.3 is 0 Å². The third-order valence-electron chi connectivity index (χ3n) is 9.84. The fourth-order valence-electron chi connectivity index (χ4n) is 7.63. The largest absolute Gasteiger partial charge is 0.456 e.